The standard InChI is InChI=1S/C20H19F2N5O/c21-20(22)28-17-7-4-15(5-8-17)24-19-10-6-16(25-27-19)3-1-13-2-9-18-14(11-13)12-23-26-18/h2,4-12,20,24-25,27H,1,3H2,(H,23,26). The normalized spacial score (nSPS) is 13.5. The van der Waals surface area contributed by atoms with E-state index in [2.05, 4.69) is 43.2 Å². The number of aromatic amines is 1. The Hall–Kier alpha value is -3.55. The average Bonchev–Trinajstić information content (AvgIpc) is 3.16. The van der Waals surface area contributed by atoms with Crippen molar-refractivity contribution < 1.29 is 13.5 Å². The van der Waals surface area contributed by atoms with Crippen LogP contribution in [0.5, 0.6) is 5.75 Å². The van der Waals surface area contributed by atoms with Gasteiger partial charge in [-0.1, -0.05) is 6.07 Å². The predicted octanol–water partition coefficient (Wildman–Crippen LogP) is 4.04. The van der Waals surface area contributed by atoms with Crippen molar-refractivity contribution in [3.8, 4) is 5.75 Å². The van der Waals surface area contributed by atoms with Crippen molar-refractivity contribution in [2.75, 3.05) is 5.32 Å². The van der Waals surface area contributed by atoms with E-state index in [0.29, 0.717) is 0 Å². The number of rotatable bonds is 7. The third-order valence-electron chi connectivity index (χ3n) is 4.36. The summed E-state index contributed by atoms with van der Waals surface area (Å²) in [6.45, 7) is -2.82. The summed E-state index contributed by atoms with van der Waals surface area (Å²) in [6.07, 6.45) is 7.52. The highest BCUT2D eigenvalue weighted by molar-refractivity contribution is 5.78. The maximum absolute atomic E-state index is 12.2. The Morgan fingerprint density at radius 2 is 1.86 bits per heavy atom. The van der Waals surface area contributed by atoms with Gasteiger partial charge < -0.3 is 15.5 Å². The third kappa shape index (κ3) is 4.40. The molecule has 1 aliphatic heterocycles. The molecule has 3 aromatic rings. The first-order valence-electron chi connectivity index (χ1n) is 8.82. The highest BCUT2D eigenvalue weighted by Crippen LogP contribution is 2.19. The maximum Gasteiger partial charge on any atom is 0.387 e. The predicted molar refractivity (Wildman–Crippen MR) is 104 cm³/mol. The second kappa shape index (κ2) is 7.99. The number of fused-ring (bicyclic) bond motifs is 1. The summed E-state index contributed by atoms with van der Waals surface area (Å²) in [7, 11) is 0. The Balaban J connectivity index is 1.32. The Morgan fingerprint density at radius 1 is 1.00 bits per heavy atom. The molecule has 1 aliphatic rings. The van der Waals surface area contributed by atoms with Crippen LogP contribution in [-0.4, -0.2) is 16.8 Å². The lowest BCUT2D eigenvalue weighted by Gasteiger charge is -2.20. The fourth-order valence-electron chi connectivity index (χ4n) is 2.94. The Morgan fingerprint density at radius 3 is 2.61 bits per heavy atom. The number of nitrogens with one attached hydrogen (secondary N) is 4. The van der Waals surface area contributed by atoms with E-state index in [1.807, 2.05) is 24.4 Å². The molecule has 6 nitrogen and oxygen atoms in total. The number of aromatic nitrogens is 2. The second-order valence-corrected chi connectivity index (χ2v) is 6.34. The van der Waals surface area contributed by atoms with Gasteiger partial charge in [-0.2, -0.15) is 13.9 Å². The Kier molecular flexibility index (Phi) is 5.09. The molecule has 0 spiro atoms. The summed E-state index contributed by atoms with van der Waals surface area (Å²) in [5, 5.41) is 11.3. The number of allylic oxidation sites excluding steroid dienone is 3. The van der Waals surface area contributed by atoms with Crippen LogP contribution in [0.3, 0.4) is 0 Å². The topological polar surface area (TPSA) is 74.0 Å². The fourth-order valence-corrected chi connectivity index (χ4v) is 2.94. The van der Waals surface area contributed by atoms with Crippen molar-refractivity contribution in [3.63, 3.8) is 0 Å². The van der Waals surface area contributed by atoms with E-state index in [9.17, 15) is 8.78 Å². The van der Waals surface area contributed by atoms with E-state index in [4.69, 9.17) is 0 Å². The van der Waals surface area contributed by atoms with E-state index >= 15 is 0 Å². The van der Waals surface area contributed by atoms with Crippen LogP contribution in [0.25, 0.3) is 10.9 Å². The van der Waals surface area contributed by atoms with Gasteiger partial charge >= 0.3 is 6.61 Å². The largest absolute Gasteiger partial charge is 0.435 e. The number of alkyl halides is 2. The van der Waals surface area contributed by atoms with Gasteiger partial charge in [0.1, 0.15) is 11.6 Å². The highest BCUT2D eigenvalue weighted by Gasteiger charge is 2.07. The first-order valence-corrected chi connectivity index (χ1v) is 8.82. The number of ether oxygens (including phenoxy) is 1. The molecular weight excluding hydrogens is 364 g/mol. The van der Waals surface area contributed by atoms with Crippen LogP contribution in [0.4, 0.5) is 14.5 Å². The molecule has 8 heteroatoms. The van der Waals surface area contributed by atoms with Gasteiger partial charge in [0.2, 0.25) is 0 Å². The molecule has 0 bridgehead atoms. The van der Waals surface area contributed by atoms with Crippen molar-refractivity contribution in [3.05, 3.63) is 77.9 Å². The molecule has 2 heterocycles. The molecule has 4 N–H and O–H groups in total. The van der Waals surface area contributed by atoms with Crippen LogP contribution in [0.15, 0.2) is 72.3 Å². The highest BCUT2D eigenvalue weighted by atomic mass is 19.3. The molecule has 0 radical (unpaired) electrons. The quantitative estimate of drug-likeness (QED) is 0.496. The number of H-pyrrole nitrogens is 1. The van der Waals surface area contributed by atoms with Gasteiger partial charge in [0.05, 0.1) is 11.7 Å². The van der Waals surface area contributed by atoms with Gasteiger partial charge in [0, 0.05) is 16.8 Å². The second-order valence-electron chi connectivity index (χ2n) is 6.34. The monoisotopic (exact) mass is 383 g/mol. The summed E-state index contributed by atoms with van der Waals surface area (Å²) >= 11 is 0. The van der Waals surface area contributed by atoms with Crippen molar-refractivity contribution in [2.24, 2.45) is 0 Å². The van der Waals surface area contributed by atoms with Crippen LogP contribution >= 0.6 is 0 Å². The van der Waals surface area contributed by atoms with E-state index < -0.39 is 6.61 Å². The van der Waals surface area contributed by atoms with Crippen LogP contribution in [-0.2, 0) is 6.42 Å². The van der Waals surface area contributed by atoms with Gasteiger partial charge in [0.15, 0.2) is 0 Å². The zero-order valence-corrected chi connectivity index (χ0v) is 14.9. The third-order valence-corrected chi connectivity index (χ3v) is 4.36. The summed E-state index contributed by atoms with van der Waals surface area (Å²) in [5.41, 5.74) is 10.4. The molecular formula is C20H19F2N5O. The number of halogens is 2. The first-order chi connectivity index (χ1) is 13.7. The molecule has 0 saturated heterocycles. The van der Waals surface area contributed by atoms with Crippen LogP contribution < -0.4 is 20.9 Å². The van der Waals surface area contributed by atoms with E-state index in [1.54, 1.807) is 12.1 Å². The number of hydrogen-bond acceptors (Lipinski definition) is 5. The van der Waals surface area contributed by atoms with Gasteiger partial charge in [0.25, 0.3) is 0 Å². The molecule has 144 valence electrons. The molecule has 0 aliphatic carbocycles. The van der Waals surface area contributed by atoms with Crippen LogP contribution in [0.1, 0.15) is 12.0 Å². The molecule has 0 amide bonds. The van der Waals surface area contributed by atoms with Gasteiger partial charge in [-0.15, -0.1) is 0 Å². The van der Waals surface area contributed by atoms with Crippen molar-refractivity contribution in [2.45, 2.75) is 19.5 Å². The number of anilines is 1. The number of hydrogen-bond donors (Lipinski definition) is 4. The van der Waals surface area contributed by atoms with Crippen molar-refractivity contribution >= 4 is 16.6 Å². The average molecular weight is 383 g/mol. The van der Waals surface area contributed by atoms with E-state index in [0.717, 1.165) is 40.9 Å². The molecule has 0 unspecified atom stereocenters. The summed E-state index contributed by atoms with van der Waals surface area (Å²) in [6, 6.07) is 12.6. The van der Waals surface area contributed by atoms with Crippen LogP contribution in [0, 0.1) is 0 Å². The lowest BCUT2D eigenvalue weighted by atomic mass is 10.1. The lowest BCUT2D eigenvalue weighted by molar-refractivity contribution is -0.0498. The molecule has 0 fully saturated rings. The Bertz CT molecular complexity index is 1010. The minimum atomic E-state index is -2.82. The van der Waals surface area contributed by atoms with E-state index in [-0.39, 0.29) is 5.75 Å². The number of nitrogens with zero attached hydrogens (tertiary/aromatic N) is 1. The maximum atomic E-state index is 12.2. The van der Waals surface area contributed by atoms with E-state index in [1.165, 1.54) is 17.7 Å². The Labute approximate surface area is 160 Å². The molecule has 1 aromatic heterocycles. The minimum absolute atomic E-state index is 0.125. The molecule has 2 aromatic carbocycles. The molecule has 28 heavy (non-hydrogen) atoms. The number of hydrazine groups is 1. The summed E-state index contributed by atoms with van der Waals surface area (Å²) in [4.78, 5) is 0. The minimum Gasteiger partial charge on any atom is -0.435 e. The lowest BCUT2D eigenvalue weighted by Crippen LogP contribution is -2.35. The zero-order chi connectivity index (χ0) is 19.3. The fraction of sp³-hybridized carbons (Fsp3) is 0.150. The zero-order valence-electron chi connectivity index (χ0n) is 14.9. The number of aryl methyl sites for hydroxylation is 1. The number of benzene rings is 2. The molecule has 0 saturated carbocycles. The summed E-state index contributed by atoms with van der Waals surface area (Å²) in [5.74, 6) is 0.881. The van der Waals surface area contributed by atoms with Gasteiger partial charge in [-0.05, 0) is 67.0 Å². The molecule has 0 atom stereocenters. The van der Waals surface area contributed by atoms with Gasteiger partial charge in [-0.25, -0.2) is 0 Å². The molecule has 4 rings (SSSR count). The first kappa shape index (κ1) is 17.8. The van der Waals surface area contributed by atoms with Crippen molar-refractivity contribution in [1.29, 1.82) is 0 Å². The van der Waals surface area contributed by atoms with Crippen molar-refractivity contribution in [1.82, 2.24) is 21.0 Å². The van der Waals surface area contributed by atoms with Crippen LogP contribution in [0.2, 0.25) is 0 Å². The van der Waals surface area contributed by atoms with Gasteiger partial charge in [-0.3, -0.25) is 10.5 Å². The smallest absolute Gasteiger partial charge is 0.387 e. The summed E-state index contributed by atoms with van der Waals surface area (Å²) < 4.78 is 28.7. The SMILES string of the molecule is FC(F)Oc1ccc(NC2=CC=C(CCc3ccc4[nH]ncc4c3)NN2)cc1.